The fraction of sp³-hybridized carbons (Fsp3) is 0.368. The molecule has 0 bridgehead atoms. The van der Waals surface area contributed by atoms with Gasteiger partial charge in [-0.25, -0.2) is 0 Å². The number of benzene rings is 1. The van der Waals surface area contributed by atoms with Crippen LogP contribution in [0.25, 0.3) is 10.9 Å². The van der Waals surface area contributed by atoms with Crippen molar-refractivity contribution in [1.82, 2.24) is 14.8 Å². The van der Waals surface area contributed by atoms with Gasteiger partial charge in [-0.15, -0.1) is 0 Å². The van der Waals surface area contributed by atoms with E-state index < -0.39 is 0 Å². The topological polar surface area (TPSA) is 71.9 Å². The molecule has 4 rings (SSSR count). The highest BCUT2D eigenvalue weighted by molar-refractivity contribution is 6.02. The van der Waals surface area contributed by atoms with Crippen molar-refractivity contribution in [2.75, 3.05) is 11.9 Å². The Labute approximate surface area is 146 Å². The lowest BCUT2D eigenvalue weighted by atomic mass is 9.97. The van der Waals surface area contributed by atoms with E-state index in [1.165, 1.54) is 0 Å². The van der Waals surface area contributed by atoms with Crippen molar-refractivity contribution in [3.8, 4) is 0 Å². The maximum Gasteiger partial charge on any atom is 0.230 e. The van der Waals surface area contributed by atoms with Gasteiger partial charge >= 0.3 is 0 Å². The molecular formula is C19H22N4O2. The molecular weight excluding hydrogens is 316 g/mol. The Morgan fingerprint density at radius 3 is 3.04 bits per heavy atom. The lowest BCUT2D eigenvalue weighted by molar-refractivity contribution is -0.121. The molecule has 2 N–H and O–H groups in total. The first-order valence-electron chi connectivity index (χ1n) is 8.67. The monoisotopic (exact) mass is 338 g/mol. The Morgan fingerprint density at radius 1 is 1.36 bits per heavy atom. The number of fused-ring (bicyclic) bond motifs is 1. The van der Waals surface area contributed by atoms with Crippen LogP contribution in [0.5, 0.6) is 0 Å². The third-order valence-corrected chi connectivity index (χ3v) is 4.76. The summed E-state index contributed by atoms with van der Waals surface area (Å²) in [5, 5.41) is 8.45. The van der Waals surface area contributed by atoms with Gasteiger partial charge in [0.2, 0.25) is 5.91 Å². The average molecular weight is 338 g/mol. The van der Waals surface area contributed by atoms with Crippen molar-refractivity contribution >= 4 is 22.5 Å². The van der Waals surface area contributed by atoms with Gasteiger partial charge < -0.3 is 15.0 Å². The van der Waals surface area contributed by atoms with E-state index in [-0.39, 0.29) is 24.0 Å². The number of hydrogen-bond donors (Lipinski definition) is 2. The predicted octanol–water partition coefficient (Wildman–Crippen LogP) is 3.66. The molecule has 1 saturated heterocycles. The number of nitrogens with one attached hydrogen (secondary N) is 2. The molecule has 1 fully saturated rings. The smallest absolute Gasteiger partial charge is 0.230 e. The van der Waals surface area contributed by atoms with Crippen LogP contribution in [0.3, 0.4) is 0 Å². The number of hydrogen-bond acceptors (Lipinski definition) is 3. The molecule has 1 aliphatic rings. The number of carbonyl (C=O) groups is 1. The summed E-state index contributed by atoms with van der Waals surface area (Å²) in [6.45, 7) is 4.73. The van der Waals surface area contributed by atoms with Crippen LogP contribution in [0.4, 0.5) is 5.69 Å². The first-order chi connectivity index (χ1) is 12.1. The number of H-pyrrole nitrogens is 1. The zero-order valence-electron chi connectivity index (χ0n) is 14.4. The molecule has 3 heterocycles. The quantitative estimate of drug-likeness (QED) is 0.762. The van der Waals surface area contributed by atoms with Gasteiger partial charge in [-0.1, -0.05) is 18.2 Å². The summed E-state index contributed by atoms with van der Waals surface area (Å²) in [5.41, 5.74) is 2.78. The van der Waals surface area contributed by atoms with Crippen LogP contribution < -0.4 is 5.32 Å². The number of anilines is 1. The van der Waals surface area contributed by atoms with Gasteiger partial charge in [0.15, 0.2) is 0 Å². The van der Waals surface area contributed by atoms with Crippen LogP contribution in [0, 0.1) is 5.92 Å². The molecule has 1 aliphatic heterocycles. The summed E-state index contributed by atoms with van der Waals surface area (Å²) in [6.07, 6.45) is 4.06. The fourth-order valence-corrected chi connectivity index (χ4v) is 3.53. The van der Waals surface area contributed by atoms with Crippen LogP contribution in [-0.2, 0) is 9.53 Å². The molecule has 2 atom stereocenters. The Morgan fingerprint density at radius 2 is 2.20 bits per heavy atom. The highest BCUT2D eigenvalue weighted by atomic mass is 16.5. The predicted molar refractivity (Wildman–Crippen MR) is 96.3 cm³/mol. The van der Waals surface area contributed by atoms with Gasteiger partial charge in [0.05, 0.1) is 17.3 Å². The van der Waals surface area contributed by atoms with E-state index in [0.29, 0.717) is 13.0 Å². The van der Waals surface area contributed by atoms with Crippen molar-refractivity contribution in [1.29, 1.82) is 0 Å². The van der Waals surface area contributed by atoms with E-state index in [9.17, 15) is 4.79 Å². The third-order valence-electron chi connectivity index (χ3n) is 4.76. The second-order valence-corrected chi connectivity index (χ2v) is 6.72. The van der Waals surface area contributed by atoms with Crippen molar-refractivity contribution in [3.05, 3.63) is 48.4 Å². The molecule has 1 amide bonds. The van der Waals surface area contributed by atoms with Crippen LogP contribution >= 0.6 is 0 Å². The van der Waals surface area contributed by atoms with Crippen LogP contribution in [0.2, 0.25) is 0 Å². The fourth-order valence-electron chi connectivity index (χ4n) is 3.53. The van der Waals surface area contributed by atoms with Crippen LogP contribution in [0.15, 0.2) is 42.7 Å². The zero-order chi connectivity index (χ0) is 17.4. The molecule has 2 aromatic heterocycles. The molecule has 3 aromatic rings. The minimum atomic E-state index is -0.255. The lowest BCUT2D eigenvalue weighted by Crippen LogP contribution is -2.27. The van der Waals surface area contributed by atoms with Crippen molar-refractivity contribution in [2.45, 2.75) is 32.4 Å². The van der Waals surface area contributed by atoms with Crippen molar-refractivity contribution in [3.63, 3.8) is 0 Å². The van der Waals surface area contributed by atoms with Gasteiger partial charge in [0, 0.05) is 35.9 Å². The van der Waals surface area contributed by atoms with Crippen LogP contribution in [0.1, 0.15) is 38.1 Å². The second-order valence-electron chi connectivity index (χ2n) is 6.72. The minimum Gasteiger partial charge on any atom is -0.371 e. The first-order valence-corrected chi connectivity index (χ1v) is 8.67. The van der Waals surface area contributed by atoms with Gasteiger partial charge in [-0.05, 0) is 32.4 Å². The number of amides is 1. The molecule has 0 aliphatic carbocycles. The maximum atomic E-state index is 12.9. The van der Waals surface area contributed by atoms with E-state index >= 15 is 0 Å². The summed E-state index contributed by atoms with van der Waals surface area (Å²) in [6, 6.07) is 10.1. The van der Waals surface area contributed by atoms with E-state index in [4.69, 9.17) is 4.74 Å². The third kappa shape index (κ3) is 2.82. The Balaban J connectivity index is 1.58. The first kappa shape index (κ1) is 15.9. The largest absolute Gasteiger partial charge is 0.371 e. The molecule has 6 heteroatoms. The Bertz CT molecular complexity index is 896. The van der Waals surface area contributed by atoms with Gasteiger partial charge in [-0.2, -0.15) is 5.10 Å². The van der Waals surface area contributed by atoms with Crippen molar-refractivity contribution in [2.24, 2.45) is 5.92 Å². The Hall–Kier alpha value is -2.60. The average Bonchev–Trinajstić information content (AvgIpc) is 3.33. The van der Waals surface area contributed by atoms with Gasteiger partial charge in [0.1, 0.15) is 6.10 Å². The van der Waals surface area contributed by atoms with Crippen molar-refractivity contribution < 1.29 is 9.53 Å². The Kier molecular flexibility index (Phi) is 4.05. The number of rotatable bonds is 4. The molecule has 0 radical (unpaired) electrons. The summed E-state index contributed by atoms with van der Waals surface area (Å²) >= 11 is 0. The maximum absolute atomic E-state index is 12.9. The molecule has 25 heavy (non-hydrogen) atoms. The lowest BCUT2D eigenvalue weighted by Gasteiger charge is -2.20. The number of nitrogens with zero attached hydrogens (tertiary/aromatic N) is 2. The van der Waals surface area contributed by atoms with E-state index in [0.717, 1.165) is 22.3 Å². The number of aromatic amines is 1. The highest BCUT2D eigenvalue weighted by Gasteiger charge is 2.37. The molecule has 0 spiro atoms. The molecule has 130 valence electrons. The van der Waals surface area contributed by atoms with E-state index in [2.05, 4.69) is 29.2 Å². The highest BCUT2D eigenvalue weighted by Crippen LogP contribution is 2.36. The number of ether oxygens (including phenoxy) is 1. The van der Waals surface area contributed by atoms with E-state index in [1.807, 2.05) is 41.2 Å². The molecule has 0 saturated carbocycles. The van der Waals surface area contributed by atoms with Crippen LogP contribution in [-0.4, -0.2) is 27.3 Å². The molecule has 6 nitrogen and oxygen atoms in total. The molecule has 1 aromatic carbocycles. The summed E-state index contributed by atoms with van der Waals surface area (Å²) in [5.74, 6) is -0.230. The number of para-hydroxylation sites is 1. The SMILES string of the molecule is CC(C)n1nccc1[C@@H]1OCC[C@H]1C(=O)Nc1c[nH]c2ccccc12. The number of aromatic nitrogens is 3. The summed E-state index contributed by atoms with van der Waals surface area (Å²) < 4.78 is 7.83. The molecule has 0 unspecified atom stereocenters. The summed E-state index contributed by atoms with van der Waals surface area (Å²) in [4.78, 5) is 16.1. The second kappa shape index (κ2) is 6.37. The van der Waals surface area contributed by atoms with E-state index in [1.54, 1.807) is 6.20 Å². The number of carbonyl (C=O) groups excluding carboxylic acids is 1. The minimum absolute atomic E-state index is 0.0104. The normalized spacial score (nSPS) is 20.4. The zero-order valence-corrected chi connectivity index (χ0v) is 14.4. The van der Waals surface area contributed by atoms with Gasteiger partial charge in [0.25, 0.3) is 0 Å². The van der Waals surface area contributed by atoms with Gasteiger partial charge in [-0.3, -0.25) is 9.48 Å². The standard InChI is InChI=1S/C19H22N4O2/c1-12(2)23-17(7-9-21-23)18-14(8-10-25-18)19(24)22-16-11-20-15-6-4-3-5-13(15)16/h3-7,9,11-12,14,18,20H,8,10H2,1-2H3,(H,22,24)/t14-,18-/m1/s1. The summed E-state index contributed by atoms with van der Waals surface area (Å²) in [7, 11) is 0.